The van der Waals surface area contributed by atoms with Crippen molar-refractivity contribution in [2.75, 3.05) is 10.9 Å². The Bertz CT molecular complexity index is 1790. The average molecular weight is 594 g/mol. The number of benzene rings is 3. The Labute approximate surface area is 236 Å². The Morgan fingerprint density at radius 1 is 0.651 bits per heavy atom. The van der Waals surface area contributed by atoms with Gasteiger partial charge in [-0.1, -0.05) is 12.1 Å². The van der Waals surface area contributed by atoms with E-state index in [1.54, 1.807) is 0 Å². The van der Waals surface area contributed by atoms with E-state index in [0.29, 0.717) is 12.1 Å². The van der Waals surface area contributed by atoms with Gasteiger partial charge in [0.2, 0.25) is 5.90 Å². The Kier molecular flexibility index (Phi) is 7.89. The third kappa shape index (κ3) is 6.13. The number of non-ortho nitro benzene ring substituents is 3. The van der Waals surface area contributed by atoms with Crippen molar-refractivity contribution in [2.45, 2.75) is 6.10 Å². The lowest BCUT2D eigenvalue weighted by atomic mass is 10.0. The molecule has 0 unspecified atom stereocenters. The summed E-state index contributed by atoms with van der Waals surface area (Å²) in [6.45, 7) is 0. The van der Waals surface area contributed by atoms with Crippen LogP contribution in [-0.4, -0.2) is 41.9 Å². The number of nitrogens with one attached hydrogen (secondary N) is 3. The van der Waals surface area contributed by atoms with Crippen molar-refractivity contribution in [3.8, 4) is 0 Å². The summed E-state index contributed by atoms with van der Waals surface area (Å²) < 4.78 is 5.51. The van der Waals surface area contributed by atoms with Gasteiger partial charge in [0.1, 0.15) is 17.1 Å². The van der Waals surface area contributed by atoms with Crippen molar-refractivity contribution in [1.29, 1.82) is 5.41 Å². The van der Waals surface area contributed by atoms with Crippen LogP contribution < -0.4 is 10.9 Å². The highest BCUT2D eigenvalue weighted by molar-refractivity contribution is 6.69. The Morgan fingerprint density at radius 2 is 1.14 bits per heavy atom. The summed E-state index contributed by atoms with van der Waals surface area (Å²) in [6, 6.07) is 10.3. The molecule has 43 heavy (non-hydrogen) atoms. The van der Waals surface area contributed by atoms with E-state index in [1.165, 1.54) is 18.2 Å². The Hall–Kier alpha value is -6.93. The number of anilines is 2. The topological polar surface area (TPSA) is 298 Å². The number of nitrogens with zero attached hydrogens (tertiary/aromatic N) is 7. The van der Waals surface area contributed by atoms with E-state index in [2.05, 4.69) is 21.1 Å². The van der Waals surface area contributed by atoms with Gasteiger partial charge in [-0.05, 0) is 12.1 Å². The molecular formula is C22H14N10O11. The number of rotatable bonds is 10. The molecule has 3 N–H and O–H groups in total. The lowest BCUT2D eigenvalue weighted by Crippen LogP contribution is -2.20. The molecule has 3 aromatic carbocycles. The van der Waals surface area contributed by atoms with Gasteiger partial charge in [0.05, 0.1) is 36.7 Å². The average Bonchev–Trinajstić information content (AvgIpc) is 3.29. The predicted octanol–water partition coefficient (Wildman–Crippen LogP) is 4.21. The fourth-order valence-electron chi connectivity index (χ4n) is 3.71. The molecule has 1 aliphatic heterocycles. The van der Waals surface area contributed by atoms with Crippen molar-refractivity contribution in [1.82, 2.24) is 0 Å². The minimum absolute atomic E-state index is 0.101. The molecule has 1 fully saturated rings. The molecular weight excluding hydrogens is 580 g/mol. The van der Waals surface area contributed by atoms with Crippen LogP contribution in [0.1, 0.15) is 11.7 Å². The second-order valence-electron chi connectivity index (χ2n) is 8.29. The summed E-state index contributed by atoms with van der Waals surface area (Å²) in [5.74, 6) is -0.674. The molecule has 21 nitrogen and oxygen atoms in total. The van der Waals surface area contributed by atoms with Gasteiger partial charge in [0.25, 0.3) is 17.1 Å². The number of nitro groups is 5. The molecule has 0 spiro atoms. The molecule has 0 aliphatic carbocycles. The first-order valence-corrected chi connectivity index (χ1v) is 11.4. The minimum Gasteiger partial charge on any atom is -0.461 e. The second kappa shape index (κ2) is 11.7. The Balaban J connectivity index is 1.80. The molecule has 0 saturated carbocycles. The molecule has 1 aliphatic rings. The molecule has 0 bridgehead atoms. The van der Waals surface area contributed by atoms with E-state index in [0.717, 1.165) is 30.3 Å². The highest BCUT2D eigenvalue weighted by atomic mass is 16.6. The molecule has 218 valence electrons. The molecule has 4 rings (SSSR count). The third-order valence-corrected chi connectivity index (χ3v) is 5.69. The van der Waals surface area contributed by atoms with Gasteiger partial charge >= 0.3 is 11.4 Å². The zero-order valence-electron chi connectivity index (χ0n) is 21.0. The smallest absolute Gasteiger partial charge is 0.301 e. The fraction of sp³-hybridized carbons (Fsp3) is 0.0455. The molecule has 0 amide bonds. The number of nitro benzene ring substituents is 5. The van der Waals surface area contributed by atoms with E-state index < -0.39 is 65.1 Å². The van der Waals surface area contributed by atoms with Crippen LogP contribution in [0, 0.1) is 56.0 Å². The normalized spacial score (nSPS) is 16.0. The number of hydrazone groups is 2. The number of ether oxygens (including phenoxy) is 1. The highest BCUT2D eigenvalue weighted by Crippen LogP contribution is 2.33. The SMILES string of the molecule is N=C1O[C@@H](c2cccc([N+](=O)[O-])c2)C(=N/Nc2ccc([N+](=O)[O-])cc2[N+](=O)[O-])/C1=N\Nc1ccc([N+](=O)[O-])cc1[N+](=O)[O-]. The monoisotopic (exact) mass is 594 g/mol. The van der Waals surface area contributed by atoms with Crippen LogP contribution in [-0.2, 0) is 4.74 Å². The van der Waals surface area contributed by atoms with E-state index in [-0.39, 0.29) is 28.3 Å². The lowest BCUT2D eigenvalue weighted by Gasteiger charge is -2.11. The molecule has 1 saturated heterocycles. The van der Waals surface area contributed by atoms with Gasteiger partial charge in [-0.25, -0.2) is 0 Å². The van der Waals surface area contributed by atoms with Gasteiger partial charge in [0, 0.05) is 29.8 Å². The van der Waals surface area contributed by atoms with Gasteiger partial charge in [0.15, 0.2) is 11.8 Å². The first kappa shape index (κ1) is 29.1. The highest BCUT2D eigenvalue weighted by Gasteiger charge is 2.38. The molecule has 0 radical (unpaired) electrons. The largest absolute Gasteiger partial charge is 0.461 e. The molecule has 1 atom stereocenters. The van der Waals surface area contributed by atoms with Crippen LogP contribution in [0.3, 0.4) is 0 Å². The van der Waals surface area contributed by atoms with Crippen LogP contribution in [0.15, 0.2) is 70.9 Å². The summed E-state index contributed by atoms with van der Waals surface area (Å²) in [7, 11) is 0. The standard InChI is InChI=1S/C22H14N10O11/c23-22-20(27-25-16-7-5-14(30(37)38)10-18(16)32(41)42)19(21(43-22)11-2-1-3-12(8-11)28(33)34)26-24-15-6-4-13(29(35)36)9-17(15)31(39)40/h1-10,21,23-25H/b23-22?,26-19+,27-20+/t21-/m0/s1. The van der Waals surface area contributed by atoms with Gasteiger partial charge in [-0.15, -0.1) is 0 Å². The van der Waals surface area contributed by atoms with Crippen LogP contribution in [0.25, 0.3) is 0 Å². The second-order valence-corrected chi connectivity index (χ2v) is 8.29. The van der Waals surface area contributed by atoms with Gasteiger partial charge in [-0.2, -0.15) is 10.2 Å². The van der Waals surface area contributed by atoms with Gasteiger partial charge in [-0.3, -0.25) is 66.8 Å². The third-order valence-electron chi connectivity index (χ3n) is 5.69. The van der Waals surface area contributed by atoms with Crippen LogP contribution in [0.4, 0.5) is 39.8 Å². The quantitative estimate of drug-likeness (QED) is 0.219. The molecule has 0 aromatic heterocycles. The maximum atomic E-state index is 11.5. The Morgan fingerprint density at radius 3 is 1.63 bits per heavy atom. The van der Waals surface area contributed by atoms with Crippen LogP contribution in [0.5, 0.6) is 0 Å². The number of hydrogen-bond acceptors (Lipinski definition) is 16. The first-order chi connectivity index (χ1) is 20.4. The minimum atomic E-state index is -1.36. The van der Waals surface area contributed by atoms with Crippen LogP contribution in [0.2, 0.25) is 0 Å². The lowest BCUT2D eigenvalue weighted by molar-refractivity contribution is -0.393. The summed E-state index contributed by atoms with van der Waals surface area (Å²) in [5, 5.41) is 72.7. The summed E-state index contributed by atoms with van der Waals surface area (Å²) in [6.07, 6.45) is -1.36. The van der Waals surface area contributed by atoms with E-state index in [4.69, 9.17) is 10.1 Å². The van der Waals surface area contributed by atoms with Crippen molar-refractivity contribution in [3.63, 3.8) is 0 Å². The number of hydrogen-bond donors (Lipinski definition) is 3. The van der Waals surface area contributed by atoms with E-state index in [1.807, 2.05) is 0 Å². The maximum absolute atomic E-state index is 11.5. The van der Waals surface area contributed by atoms with Crippen molar-refractivity contribution >= 4 is 57.1 Å². The van der Waals surface area contributed by atoms with Crippen molar-refractivity contribution < 1.29 is 29.4 Å². The summed E-state index contributed by atoms with van der Waals surface area (Å²) >= 11 is 0. The summed E-state index contributed by atoms with van der Waals surface area (Å²) in [5.41, 5.74) is 0.441. The van der Waals surface area contributed by atoms with Crippen molar-refractivity contribution in [2.24, 2.45) is 10.2 Å². The van der Waals surface area contributed by atoms with Gasteiger partial charge < -0.3 is 4.74 Å². The molecule has 3 aromatic rings. The van der Waals surface area contributed by atoms with Crippen LogP contribution >= 0.6 is 0 Å². The fourth-order valence-corrected chi connectivity index (χ4v) is 3.71. The predicted molar refractivity (Wildman–Crippen MR) is 146 cm³/mol. The molecule has 1 heterocycles. The zero-order chi connectivity index (χ0) is 31.4. The van der Waals surface area contributed by atoms with E-state index in [9.17, 15) is 50.6 Å². The summed E-state index contributed by atoms with van der Waals surface area (Å²) in [4.78, 5) is 52.3. The van der Waals surface area contributed by atoms with E-state index >= 15 is 0 Å². The molecule has 21 heteroatoms. The zero-order valence-corrected chi connectivity index (χ0v) is 21.0. The van der Waals surface area contributed by atoms with Crippen molar-refractivity contribution in [3.05, 3.63) is 117 Å². The maximum Gasteiger partial charge on any atom is 0.301 e. The first-order valence-electron chi connectivity index (χ1n) is 11.4.